The van der Waals surface area contributed by atoms with E-state index in [2.05, 4.69) is 136 Å². The number of nitrogens with zero attached hydrogens (tertiary/aromatic N) is 16. The second-order valence-corrected chi connectivity index (χ2v) is 51.9. The van der Waals surface area contributed by atoms with Crippen LogP contribution in [0.25, 0.3) is 67.9 Å². The minimum atomic E-state index is -2.24. The summed E-state index contributed by atoms with van der Waals surface area (Å²) in [6.45, 7) is 57.8. The quantitative estimate of drug-likeness (QED) is 0.0357. The van der Waals surface area contributed by atoms with E-state index in [0.29, 0.717) is 152 Å². The van der Waals surface area contributed by atoms with E-state index < -0.39 is 58.3 Å². The zero-order valence-electron chi connectivity index (χ0n) is 85.8. The van der Waals surface area contributed by atoms with E-state index in [0.717, 1.165) is 98.7 Å². The number of aliphatic hydroxyl groups is 1. The predicted molar refractivity (Wildman–Crippen MR) is 554 cm³/mol. The molecule has 0 bridgehead atoms. The summed E-state index contributed by atoms with van der Waals surface area (Å²) >= 11 is 26.8. The minimum Gasteiger partial charge on any atom is -0.491 e. The van der Waals surface area contributed by atoms with Crippen LogP contribution in [0.5, 0.6) is 17.2 Å². The van der Waals surface area contributed by atoms with E-state index in [1.807, 2.05) is 166 Å². The van der Waals surface area contributed by atoms with Crippen molar-refractivity contribution in [3.05, 3.63) is 215 Å². The summed E-state index contributed by atoms with van der Waals surface area (Å²) in [4.78, 5) is 76.0. The number of carbonyl (C=O) groups excluding carboxylic acids is 2. The third kappa shape index (κ3) is 26.8. The topological polar surface area (TPSA) is 338 Å². The number of hydrogen-bond donors (Lipinski definition) is 2. The van der Waals surface area contributed by atoms with Crippen LogP contribution in [0.4, 0.5) is 21.2 Å². The highest BCUT2D eigenvalue weighted by Crippen LogP contribution is 2.45. The molecular formula is C104H133Cl4N17O13Si2. The van der Waals surface area contributed by atoms with Crippen molar-refractivity contribution in [1.82, 2.24) is 75.4 Å². The Hall–Kier alpha value is -11.0. The Morgan fingerprint density at radius 2 is 0.814 bits per heavy atom. The molecule has 3 atom stereocenters. The number of aromatic nitrogens is 12. The van der Waals surface area contributed by atoms with Gasteiger partial charge in [-0.15, -0.1) is 0 Å². The first-order chi connectivity index (χ1) is 65.8. The molecule has 36 heteroatoms. The molecule has 2 N–H and O–H groups in total. The zero-order valence-corrected chi connectivity index (χ0v) is 90.9. The van der Waals surface area contributed by atoms with E-state index in [-0.39, 0.29) is 29.9 Å². The van der Waals surface area contributed by atoms with E-state index in [4.69, 9.17) is 117 Å². The van der Waals surface area contributed by atoms with Crippen LogP contribution in [-0.2, 0) is 57.6 Å². The van der Waals surface area contributed by atoms with Crippen LogP contribution in [-0.4, -0.2) is 181 Å². The van der Waals surface area contributed by atoms with Crippen molar-refractivity contribution in [1.29, 1.82) is 0 Å². The van der Waals surface area contributed by atoms with E-state index in [1.54, 1.807) is 55.4 Å². The van der Waals surface area contributed by atoms with Crippen molar-refractivity contribution in [3.8, 4) is 85.2 Å². The number of fused-ring (bicyclic) bond motifs is 3. The van der Waals surface area contributed by atoms with Gasteiger partial charge in [0.1, 0.15) is 82.3 Å². The number of anilines is 2. The van der Waals surface area contributed by atoms with Crippen molar-refractivity contribution in [2.75, 3.05) is 56.8 Å². The SMILES string of the molecule is CCC[C@@H](O)COc1ccc(Cl)c(-c2nc(-c3c(C)noc3C)c(C)c(N3Cc4cccnc4C3)n2)c1.Cc1noc(C)c1-c1nc(-c2cc(OC[C@@H](CN(C)C(=O)OC(C)(C)C)O[Si](C)(C)C(C)(C)C)ccc2Cl)nc(Cl)c1C.Cc1noc(C)c1-c1nc(-c2cc(OC[C@@H](CN(C)C(=O)OC(C)(C)C)O[Si](C)(C)C(C)(C)C)ccc2Cl)nc(N2Cc3cccnc3C2)c1C.c1cnc2c(c1)CNC2. The Balaban J connectivity index is 0.000000181. The fourth-order valence-electron chi connectivity index (χ4n) is 15.6. The molecule has 0 saturated heterocycles. The lowest BCUT2D eigenvalue weighted by atomic mass is 10.0. The lowest BCUT2D eigenvalue weighted by Gasteiger charge is -2.40. The molecule has 0 saturated carbocycles. The molecule has 12 aromatic rings. The van der Waals surface area contributed by atoms with Crippen LogP contribution in [0.1, 0.15) is 188 Å². The van der Waals surface area contributed by atoms with Gasteiger partial charge in [-0.05, 0) is 236 Å². The van der Waals surface area contributed by atoms with Crippen LogP contribution in [0.3, 0.4) is 0 Å². The summed E-state index contributed by atoms with van der Waals surface area (Å²) in [5.41, 5.74) is 16.9. The fourth-order valence-corrected chi connectivity index (χ4v) is 19.1. The summed E-state index contributed by atoms with van der Waals surface area (Å²) in [6, 6.07) is 28.3. The smallest absolute Gasteiger partial charge is 0.410 e. The van der Waals surface area contributed by atoms with Gasteiger partial charge in [-0.2, -0.15) is 0 Å². The second-order valence-electron chi connectivity index (χ2n) is 40.8. The third-order valence-electron chi connectivity index (χ3n) is 25.1. The van der Waals surface area contributed by atoms with Crippen LogP contribution in [0.15, 0.2) is 123 Å². The lowest BCUT2D eigenvalue weighted by Crippen LogP contribution is -2.49. The van der Waals surface area contributed by atoms with Crippen LogP contribution in [0, 0.1) is 62.3 Å². The molecule has 748 valence electrons. The molecule has 0 fully saturated rings. The number of halogens is 4. The highest BCUT2D eigenvalue weighted by molar-refractivity contribution is 6.74. The summed E-state index contributed by atoms with van der Waals surface area (Å²) < 4.78 is 59.6. The van der Waals surface area contributed by atoms with Gasteiger partial charge in [0.2, 0.25) is 0 Å². The number of aryl methyl sites for hydroxylation is 6. The number of hydrogen-bond acceptors (Lipinski definition) is 28. The molecule has 3 aromatic carbocycles. The van der Waals surface area contributed by atoms with Gasteiger partial charge in [-0.3, -0.25) is 15.0 Å². The van der Waals surface area contributed by atoms with Crippen molar-refractivity contribution in [2.24, 2.45) is 0 Å². The lowest BCUT2D eigenvalue weighted by molar-refractivity contribution is 0.0166. The molecule has 0 spiro atoms. The van der Waals surface area contributed by atoms with Gasteiger partial charge in [-0.1, -0.05) is 135 Å². The number of likely N-dealkylation sites (N-methyl/N-ethyl adjacent to an activating group) is 2. The maximum Gasteiger partial charge on any atom is 0.410 e. The maximum atomic E-state index is 12.9. The summed E-state index contributed by atoms with van der Waals surface area (Å²) in [6.07, 6.45) is 4.85. The molecule has 0 radical (unpaired) electrons. The Labute approximate surface area is 844 Å². The van der Waals surface area contributed by atoms with Gasteiger partial charge in [0.05, 0.1) is 127 Å². The molecular weight excluding hydrogens is 1890 g/mol. The highest BCUT2D eigenvalue weighted by Gasteiger charge is 2.43. The number of ether oxygens (including phenoxy) is 5. The Morgan fingerprint density at radius 3 is 1.15 bits per heavy atom. The third-order valence-corrected chi connectivity index (χ3v) is 35.5. The Kier molecular flexibility index (Phi) is 34.7. The summed E-state index contributed by atoms with van der Waals surface area (Å²) in [7, 11) is -1.03. The number of benzene rings is 3. The standard InChI is InChI=1S/C38H51ClN6O5Si.C31H44Cl2N4O5Si.C28H30ClN5O3.C7H8N2/c1-23-33(32-24(2)43-49-25(32)3)41-34(42-35(23)45-19-26-14-13-17-40-31(26)21-45)29-18-27(15-16-30(29)39)47-22-28(50-51(11,12)38(7,8)9)20-44(10)36(46)48-37(4,5)6;1-18-26(25-19(2)36-41-20(25)3)34-28(35-27(18)33)23-15-21(13-14-24(23)32)39-17-22(42-43(11,12)31(7,8)9)16-37(10)29(38)40-30(4,5)6;1-5-7-20(35)15-36-21-9-10-23(29)22(12-21)27-31-26(25-17(3)33-37-18(25)4)16(2)28(32-27)34-13-19-8-6-11-30-24(19)14-34;1-2-6-4-8-5-7(6)9-3-1/h13-18,28H,19-22H2,1-12H3;13-15,22H,16-17H2,1-12H3;6,8-12,20,35H,5,7,13-15H2,1-4H3;1-3,8H,4-5H2/t28-;22-;20-;/m111./s1. The van der Waals surface area contributed by atoms with Gasteiger partial charge < -0.3 is 76.1 Å². The van der Waals surface area contributed by atoms with Gasteiger partial charge in [0.25, 0.3) is 0 Å². The van der Waals surface area contributed by atoms with E-state index >= 15 is 0 Å². The van der Waals surface area contributed by atoms with Gasteiger partial charge in [0, 0.05) is 92.2 Å². The first-order valence-corrected chi connectivity index (χ1v) is 54.4. The molecule has 12 heterocycles. The van der Waals surface area contributed by atoms with Crippen molar-refractivity contribution in [2.45, 2.75) is 270 Å². The summed E-state index contributed by atoms with van der Waals surface area (Å²) in [5, 5.41) is 27.4. The molecule has 140 heavy (non-hydrogen) atoms. The average Bonchev–Trinajstić information content (AvgIpc) is 1.54. The first kappa shape index (κ1) is 108. The molecule has 2 amide bonds. The number of amides is 2. The van der Waals surface area contributed by atoms with Crippen molar-refractivity contribution in [3.63, 3.8) is 0 Å². The number of aliphatic hydroxyl groups excluding tert-OH is 1. The van der Waals surface area contributed by atoms with Crippen LogP contribution >= 0.6 is 46.4 Å². The second kappa shape index (κ2) is 45.1. The first-order valence-electron chi connectivity index (χ1n) is 47.1. The average molecular weight is 2030 g/mol. The number of pyridine rings is 3. The normalized spacial score (nSPS) is 13.8. The van der Waals surface area contributed by atoms with Gasteiger partial charge in [0.15, 0.2) is 34.1 Å². The predicted octanol–water partition coefficient (Wildman–Crippen LogP) is 24.1. The molecule has 0 unspecified atom stereocenters. The molecule has 9 aromatic heterocycles. The largest absolute Gasteiger partial charge is 0.491 e. The Morgan fingerprint density at radius 1 is 0.464 bits per heavy atom. The molecule has 30 nitrogen and oxygen atoms in total. The maximum absolute atomic E-state index is 12.9. The molecule has 3 aliphatic heterocycles. The van der Waals surface area contributed by atoms with Crippen molar-refractivity contribution < 1.29 is 60.8 Å². The minimum absolute atomic E-state index is 0.0375. The molecule has 0 aliphatic carbocycles. The molecule has 3 aliphatic rings. The number of nitrogens with one attached hydrogen (secondary N) is 1. The Bertz CT molecular complexity index is 6280. The highest BCUT2D eigenvalue weighted by atomic mass is 35.5. The van der Waals surface area contributed by atoms with Gasteiger partial charge >= 0.3 is 12.2 Å². The van der Waals surface area contributed by atoms with Crippen molar-refractivity contribution >= 4 is 86.9 Å². The number of rotatable bonds is 27. The number of carbonyl (C=O) groups is 2. The van der Waals surface area contributed by atoms with Crippen LogP contribution in [0.2, 0.25) is 56.5 Å². The van der Waals surface area contributed by atoms with E-state index in [9.17, 15) is 14.7 Å². The summed E-state index contributed by atoms with van der Waals surface area (Å²) in [5.74, 6) is 6.56. The fraction of sp³-hybridized carbons (Fsp3) is 0.462. The van der Waals surface area contributed by atoms with Crippen LogP contribution < -0.4 is 29.3 Å². The van der Waals surface area contributed by atoms with Gasteiger partial charge in [-0.25, -0.2) is 39.5 Å². The molecule has 15 rings (SSSR count). The zero-order chi connectivity index (χ0) is 102. The monoisotopic (exact) mass is 2020 g/mol. The van der Waals surface area contributed by atoms with E-state index in [1.165, 1.54) is 21.7 Å².